The highest BCUT2D eigenvalue weighted by molar-refractivity contribution is 6.30. The number of fused-ring (bicyclic) bond motifs is 4. The first-order valence-corrected chi connectivity index (χ1v) is 11.1. The molecule has 0 saturated carbocycles. The zero-order chi connectivity index (χ0) is 22.4. The molecule has 6 rings (SSSR count). The van der Waals surface area contributed by atoms with E-state index in [-0.39, 0.29) is 5.56 Å². The van der Waals surface area contributed by atoms with Crippen LogP contribution in [0.5, 0.6) is 11.5 Å². The molecule has 7 nitrogen and oxygen atoms in total. The van der Waals surface area contributed by atoms with Crippen molar-refractivity contribution in [2.45, 2.75) is 13.0 Å². The minimum atomic E-state index is -0.131. The maximum atomic E-state index is 13.3. The first kappa shape index (κ1) is 19.8. The number of nitrogens with zero attached hydrogens (tertiary/aromatic N) is 4. The molecule has 0 aliphatic carbocycles. The van der Waals surface area contributed by atoms with E-state index in [0.29, 0.717) is 47.1 Å². The van der Waals surface area contributed by atoms with Crippen LogP contribution in [0.15, 0.2) is 71.9 Å². The molecule has 0 bridgehead atoms. The summed E-state index contributed by atoms with van der Waals surface area (Å²) in [6.45, 7) is 1.68. The van der Waals surface area contributed by atoms with Crippen molar-refractivity contribution in [3.63, 3.8) is 0 Å². The van der Waals surface area contributed by atoms with E-state index >= 15 is 0 Å². The van der Waals surface area contributed by atoms with Crippen molar-refractivity contribution < 1.29 is 9.47 Å². The number of hydrogen-bond donors (Lipinski definition) is 0. The van der Waals surface area contributed by atoms with E-state index in [1.165, 1.54) is 0 Å². The summed E-state index contributed by atoms with van der Waals surface area (Å²) in [6.07, 6.45) is 6.00. The van der Waals surface area contributed by atoms with Gasteiger partial charge in [-0.15, -0.1) is 0 Å². The molecule has 1 aliphatic heterocycles. The van der Waals surface area contributed by atoms with Crippen molar-refractivity contribution >= 4 is 28.2 Å². The fraction of sp³-hybridized carbons (Fsp3) is 0.160. The SMILES string of the molecule is O=c1c2cnc3c(-c4cccc(Cl)c4)cnn3c2ccn1Cc1ccc2c(c1)OCCCO2. The molecular weight excluding hydrogens is 440 g/mol. The summed E-state index contributed by atoms with van der Waals surface area (Å²) in [6, 6.07) is 15.2. The summed E-state index contributed by atoms with van der Waals surface area (Å²) in [5, 5.41) is 5.64. The number of aromatic nitrogens is 4. The Labute approximate surface area is 193 Å². The van der Waals surface area contributed by atoms with Crippen LogP contribution in [0.25, 0.3) is 27.7 Å². The number of pyridine rings is 1. The van der Waals surface area contributed by atoms with Crippen LogP contribution in [0.3, 0.4) is 0 Å². The van der Waals surface area contributed by atoms with E-state index in [1.54, 1.807) is 27.7 Å². The van der Waals surface area contributed by atoms with Gasteiger partial charge in [0.05, 0.1) is 36.9 Å². The monoisotopic (exact) mass is 458 g/mol. The quantitative estimate of drug-likeness (QED) is 0.396. The van der Waals surface area contributed by atoms with Gasteiger partial charge < -0.3 is 14.0 Å². The van der Waals surface area contributed by atoms with Crippen LogP contribution in [0, 0.1) is 0 Å². The van der Waals surface area contributed by atoms with Crippen molar-refractivity contribution in [2.24, 2.45) is 0 Å². The molecule has 3 aromatic heterocycles. The molecule has 0 saturated heterocycles. The van der Waals surface area contributed by atoms with Crippen molar-refractivity contribution in [1.29, 1.82) is 0 Å². The largest absolute Gasteiger partial charge is 0.490 e. The average Bonchev–Trinajstić information content (AvgIpc) is 3.12. The summed E-state index contributed by atoms with van der Waals surface area (Å²) in [4.78, 5) is 17.8. The maximum absolute atomic E-state index is 13.3. The number of hydrogen-bond acceptors (Lipinski definition) is 5. The van der Waals surface area contributed by atoms with Gasteiger partial charge in [0.2, 0.25) is 0 Å². The lowest BCUT2D eigenvalue weighted by Crippen LogP contribution is -2.21. The number of halogens is 1. The molecule has 0 atom stereocenters. The predicted molar refractivity (Wildman–Crippen MR) is 126 cm³/mol. The Morgan fingerprint density at radius 2 is 1.88 bits per heavy atom. The summed E-state index contributed by atoms with van der Waals surface area (Å²) in [5.74, 6) is 1.45. The Morgan fingerprint density at radius 1 is 1.00 bits per heavy atom. The van der Waals surface area contributed by atoms with Crippen LogP contribution >= 0.6 is 11.6 Å². The summed E-state index contributed by atoms with van der Waals surface area (Å²) in [7, 11) is 0. The van der Waals surface area contributed by atoms with E-state index in [9.17, 15) is 4.79 Å². The van der Waals surface area contributed by atoms with E-state index in [4.69, 9.17) is 21.1 Å². The molecule has 1 aliphatic rings. The number of rotatable bonds is 3. The second kappa shape index (κ2) is 7.94. The second-order valence-corrected chi connectivity index (χ2v) is 8.38. The van der Waals surface area contributed by atoms with Crippen LogP contribution < -0.4 is 15.0 Å². The predicted octanol–water partition coefficient (Wildman–Crippen LogP) is 4.57. The summed E-state index contributed by atoms with van der Waals surface area (Å²) < 4.78 is 14.8. The molecule has 0 N–H and O–H groups in total. The van der Waals surface area contributed by atoms with E-state index in [0.717, 1.165) is 28.9 Å². The molecule has 164 valence electrons. The maximum Gasteiger partial charge on any atom is 0.261 e. The molecule has 8 heteroatoms. The Balaban J connectivity index is 1.39. The minimum absolute atomic E-state index is 0.131. The number of benzene rings is 2. The van der Waals surface area contributed by atoms with Crippen molar-refractivity contribution in [3.8, 4) is 22.6 Å². The summed E-state index contributed by atoms with van der Waals surface area (Å²) >= 11 is 6.15. The molecule has 4 heterocycles. The van der Waals surface area contributed by atoms with Crippen molar-refractivity contribution in [1.82, 2.24) is 19.2 Å². The molecule has 5 aromatic rings. The van der Waals surface area contributed by atoms with E-state index in [2.05, 4.69) is 10.1 Å². The Morgan fingerprint density at radius 3 is 2.76 bits per heavy atom. The smallest absolute Gasteiger partial charge is 0.261 e. The van der Waals surface area contributed by atoms with Gasteiger partial charge in [0.1, 0.15) is 0 Å². The lowest BCUT2D eigenvalue weighted by atomic mass is 10.1. The van der Waals surface area contributed by atoms with Crippen LogP contribution in [0.1, 0.15) is 12.0 Å². The van der Waals surface area contributed by atoms with Gasteiger partial charge in [-0.1, -0.05) is 29.8 Å². The summed E-state index contributed by atoms with van der Waals surface area (Å²) in [5.41, 5.74) is 3.98. The minimum Gasteiger partial charge on any atom is -0.490 e. The second-order valence-electron chi connectivity index (χ2n) is 7.94. The molecule has 2 aromatic carbocycles. The third-order valence-corrected chi connectivity index (χ3v) is 6.00. The Bertz CT molecular complexity index is 1570. The molecule has 0 radical (unpaired) electrons. The van der Waals surface area contributed by atoms with Crippen molar-refractivity contribution in [2.75, 3.05) is 13.2 Å². The molecule has 0 fully saturated rings. The van der Waals surface area contributed by atoms with Gasteiger partial charge in [0, 0.05) is 29.4 Å². The van der Waals surface area contributed by atoms with Crippen molar-refractivity contribution in [3.05, 3.63) is 88.1 Å². The van der Waals surface area contributed by atoms with E-state index < -0.39 is 0 Å². The van der Waals surface area contributed by atoms with Crippen LogP contribution in [0.4, 0.5) is 0 Å². The first-order chi connectivity index (χ1) is 16.2. The fourth-order valence-electron chi connectivity index (χ4n) is 4.14. The highest BCUT2D eigenvalue weighted by atomic mass is 35.5. The Hall–Kier alpha value is -3.84. The highest BCUT2D eigenvalue weighted by Crippen LogP contribution is 2.31. The van der Waals surface area contributed by atoms with Gasteiger partial charge in [-0.25, -0.2) is 9.50 Å². The van der Waals surface area contributed by atoms with Gasteiger partial charge in [-0.2, -0.15) is 5.10 Å². The zero-order valence-corrected chi connectivity index (χ0v) is 18.3. The van der Waals surface area contributed by atoms with Crippen LogP contribution in [-0.2, 0) is 6.54 Å². The van der Waals surface area contributed by atoms with Gasteiger partial charge in [0.15, 0.2) is 17.1 Å². The molecule has 33 heavy (non-hydrogen) atoms. The topological polar surface area (TPSA) is 70.7 Å². The Kier molecular flexibility index (Phi) is 4.77. The molecule has 0 spiro atoms. The van der Waals surface area contributed by atoms with Gasteiger partial charge in [-0.05, 0) is 41.5 Å². The molecule has 0 amide bonds. The molecular formula is C25H19ClN4O3. The third-order valence-electron chi connectivity index (χ3n) is 5.77. The normalized spacial score (nSPS) is 13.4. The van der Waals surface area contributed by atoms with Gasteiger partial charge in [-0.3, -0.25) is 4.79 Å². The van der Waals surface area contributed by atoms with Crippen LogP contribution in [-0.4, -0.2) is 32.4 Å². The lowest BCUT2D eigenvalue weighted by Gasteiger charge is -2.11. The van der Waals surface area contributed by atoms with E-state index in [1.807, 2.05) is 48.5 Å². The highest BCUT2D eigenvalue weighted by Gasteiger charge is 2.15. The van der Waals surface area contributed by atoms with Crippen LogP contribution in [0.2, 0.25) is 5.02 Å². The third kappa shape index (κ3) is 3.50. The first-order valence-electron chi connectivity index (χ1n) is 10.7. The fourth-order valence-corrected chi connectivity index (χ4v) is 4.33. The average molecular weight is 459 g/mol. The zero-order valence-electron chi connectivity index (χ0n) is 17.6. The van der Waals surface area contributed by atoms with Gasteiger partial charge in [0.25, 0.3) is 5.56 Å². The lowest BCUT2D eigenvalue weighted by molar-refractivity contribution is 0.297. The van der Waals surface area contributed by atoms with Gasteiger partial charge >= 0.3 is 0 Å². The number of ether oxygens (including phenoxy) is 2. The standard InChI is InChI=1S/C25H19ClN4O3/c26-18-4-1-3-17(12-18)19-14-28-30-21-7-8-29(25(31)20(21)13-27-24(19)30)15-16-5-6-22-23(11-16)33-10-2-9-32-22/h1,3-8,11-14H,2,9-10,15H2. The molecule has 0 unspecified atom stereocenters.